The number of ether oxygens (including phenoxy) is 2. The smallest absolute Gasteiger partial charge is 0.258 e. The fourth-order valence-corrected chi connectivity index (χ4v) is 4.64. The second-order valence-electron chi connectivity index (χ2n) is 8.52. The number of pyridine rings is 2. The van der Waals surface area contributed by atoms with Crippen LogP contribution in [0.1, 0.15) is 44.2 Å². The van der Waals surface area contributed by atoms with Crippen LogP contribution in [-0.4, -0.2) is 52.4 Å². The van der Waals surface area contributed by atoms with Gasteiger partial charge in [-0.15, -0.1) is 0 Å². The van der Waals surface area contributed by atoms with Gasteiger partial charge in [0, 0.05) is 42.9 Å². The molecule has 0 unspecified atom stereocenters. The fraction of sp³-hybridized carbons (Fsp3) is 0.500. The van der Waals surface area contributed by atoms with Gasteiger partial charge < -0.3 is 19.7 Å². The third-order valence-corrected chi connectivity index (χ3v) is 6.36. The van der Waals surface area contributed by atoms with Gasteiger partial charge in [0.15, 0.2) is 0 Å². The molecule has 1 N–H and O–H groups in total. The number of anilines is 3. The number of rotatable bonds is 7. The van der Waals surface area contributed by atoms with Crippen molar-refractivity contribution in [1.29, 1.82) is 0 Å². The Morgan fingerprint density at radius 2 is 1.97 bits per heavy atom. The van der Waals surface area contributed by atoms with Gasteiger partial charge in [0.25, 0.3) is 5.56 Å². The predicted molar refractivity (Wildman–Crippen MR) is 127 cm³/mol. The third-order valence-electron chi connectivity index (χ3n) is 6.36. The number of morpholine rings is 1. The van der Waals surface area contributed by atoms with Crippen LogP contribution < -0.4 is 15.8 Å². The number of hydrogen-bond acceptors (Lipinski definition) is 8. The Morgan fingerprint density at radius 1 is 1.15 bits per heavy atom. The van der Waals surface area contributed by atoms with Crippen molar-refractivity contribution in [1.82, 2.24) is 19.5 Å². The van der Waals surface area contributed by atoms with Crippen LogP contribution in [0.15, 0.2) is 35.4 Å². The van der Waals surface area contributed by atoms with E-state index in [1.165, 1.54) is 0 Å². The molecule has 4 heterocycles. The van der Waals surface area contributed by atoms with Gasteiger partial charge >= 0.3 is 0 Å². The monoisotopic (exact) mass is 450 g/mol. The maximum Gasteiger partial charge on any atom is 0.258 e. The van der Waals surface area contributed by atoms with Crippen molar-refractivity contribution >= 4 is 28.5 Å². The average molecular weight is 451 g/mol. The normalized spacial score (nSPS) is 17.1. The lowest BCUT2D eigenvalue weighted by Crippen LogP contribution is -2.36. The Labute approximate surface area is 192 Å². The van der Waals surface area contributed by atoms with Crippen molar-refractivity contribution < 1.29 is 9.47 Å². The molecule has 0 atom stereocenters. The quantitative estimate of drug-likeness (QED) is 0.585. The minimum Gasteiger partial charge on any atom is -0.378 e. The van der Waals surface area contributed by atoms with E-state index < -0.39 is 0 Å². The molecule has 2 aliphatic rings. The molecular formula is C24H30N6O3. The van der Waals surface area contributed by atoms with Crippen LogP contribution in [-0.2, 0) is 16.1 Å². The summed E-state index contributed by atoms with van der Waals surface area (Å²) in [4.78, 5) is 29.3. The standard InChI is InChI=1S/C24H30N6O3/c1-2-32-16-18-13-17-14-26-24(28-22(17)30(23(18)31)19-5-3-4-6-19)27-21-8-7-20(15-25-21)29-9-11-33-12-10-29/h7-8,13-15,19H,2-6,9-12,16H2,1H3,(H,25,26,27,28). The first-order valence-corrected chi connectivity index (χ1v) is 11.8. The highest BCUT2D eigenvalue weighted by Crippen LogP contribution is 2.31. The molecule has 5 rings (SSSR count). The molecule has 0 spiro atoms. The first kappa shape index (κ1) is 21.8. The zero-order chi connectivity index (χ0) is 22.6. The number of hydrogen-bond donors (Lipinski definition) is 1. The highest BCUT2D eigenvalue weighted by molar-refractivity contribution is 5.76. The molecule has 3 aromatic rings. The molecule has 1 aliphatic heterocycles. The Balaban J connectivity index is 1.44. The predicted octanol–water partition coefficient (Wildman–Crippen LogP) is 3.42. The maximum atomic E-state index is 13.3. The molecule has 2 fully saturated rings. The van der Waals surface area contributed by atoms with Crippen molar-refractivity contribution in [2.45, 2.75) is 45.3 Å². The minimum atomic E-state index is -0.0134. The van der Waals surface area contributed by atoms with Crippen molar-refractivity contribution in [3.63, 3.8) is 0 Å². The van der Waals surface area contributed by atoms with Crippen molar-refractivity contribution in [3.05, 3.63) is 46.5 Å². The van der Waals surface area contributed by atoms with Crippen LogP contribution in [0.5, 0.6) is 0 Å². The van der Waals surface area contributed by atoms with Gasteiger partial charge in [0.1, 0.15) is 11.5 Å². The second-order valence-corrected chi connectivity index (χ2v) is 8.52. The van der Waals surface area contributed by atoms with Crippen molar-refractivity contribution in [2.24, 2.45) is 0 Å². The third kappa shape index (κ3) is 4.69. The summed E-state index contributed by atoms with van der Waals surface area (Å²) in [5.74, 6) is 1.09. The molecule has 3 aromatic heterocycles. The number of nitrogens with one attached hydrogen (secondary N) is 1. The fourth-order valence-electron chi connectivity index (χ4n) is 4.64. The average Bonchev–Trinajstić information content (AvgIpc) is 3.38. The van der Waals surface area contributed by atoms with Crippen molar-refractivity contribution in [3.8, 4) is 0 Å². The van der Waals surface area contributed by atoms with Crippen LogP contribution in [0.25, 0.3) is 11.0 Å². The van der Waals surface area contributed by atoms with Gasteiger partial charge in [-0.3, -0.25) is 9.36 Å². The topological polar surface area (TPSA) is 94.4 Å². The van der Waals surface area contributed by atoms with E-state index in [1.54, 1.807) is 6.20 Å². The van der Waals surface area contributed by atoms with E-state index in [9.17, 15) is 4.79 Å². The number of aromatic nitrogens is 4. The van der Waals surface area contributed by atoms with E-state index in [1.807, 2.05) is 35.9 Å². The minimum absolute atomic E-state index is 0.0134. The van der Waals surface area contributed by atoms with Gasteiger partial charge in [0.2, 0.25) is 5.95 Å². The van der Waals surface area contributed by atoms with Crippen LogP contribution >= 0.6 is 0 Å². The van der Waals surface area contributed by atoms with E-state index in [-0.39, 0.29) is 11.6 Å². The SMILES string of the molecule is CCOCc1cc2cnc(Nc3ccc(N4CCOCC4)cn3)nc2n(C2CCCC2)c1=O. The highest BCUT2D eigenvalue weighted by Gasteiger charge is 2.23. The van der Waals surface area contributed by atoms with Crippen LogP contribution in [0.3, 0.4) is 0 Å². The molecule has 174 valence electrons. The first-order chi connectivity index (χ1) is 16.2. The molecule has 1 aliphatic carbocycles. The Bertz CT molecular complexity index is 1150. The van der Waals surface area contributed by atoms with Gasteiger partial charge in [-0.2, -0.15) is 4.98 Å². The van der Waals surface area contributed by atoms with E-state index >= 15 is 0 Å². The summed E-state index contributed by atoms with van der Waals surface area (Å²) >= 11 is 0. The number of fused-ring (bicyclic) bond motifs is 1. The molecule has 9 heteroatoms. The van der Waals surface area contributed by atoms with Crippen LogP contribution in [0.4, 0.5) is 17.5 Å². The lowest BCUT2D eigenvalue weighted by atomic mass is 10.1. The lowest BCUT2D eigenvalue weighted by molar-refractivity contribution is 0.122. The molecule has 0 aromatic carbocycles. The molecular weight excluding hydrogens is 420 g/mol. The summed E-state index contributed by atoms with van der Waals surface area (Å²) in [6.45, 7) is 6.01. The van der Waals surface area contributed by atoms with E-state index in [0.717, 1.165) is 63.1 Å². The van der Waals surface area contributed by atoms with Gasteiger partial charge in [0.05, 0.1) is 31.7 Å². The van der Waals surface area contributed by atoms with Crippen LogP contribution in [0.2, 0.25) is 0 Å². The summed E-state index contributed by atoms with van der Waals surface area (Å²) < 4.78 is 12.8. The molecule has 0 radical (unpaired) electrons. The number of nitrogens with zero attached hydrogens (tertiary/aromatic N) is 5. The highest BCUT2D eigenvalue weighted by atomic mass is 16.5. The maximum absolute atomic E-state index is 13.3. The lowest BCUT2D eigenvalue weighted by Gasteiger charge is -2.28. The van der Waals surface area contributed by atoms with Gasteiger partial charge in [-0.25, -0.2) is 9.97 Å². The molecule has 0 amide bonds. The Kier molecular flexibility index (Phi) is 6.50. The van der Waals surface area contributed by atoms with Gasteiger partial charge in [-0.05, 0) is 38.0 Å². The zero-order valence-corrected chi connectivity index (χ0v) is 19.0. The van der Waals surface area contributed by atoms with Crippen molar-refractivity contribution in [2.75, 3.05) is 43.1 Å². The Morgan fingerprint density at radius 3 is 2.70 bits per heavy atom. The summed E-state index contributed by atoms with van der Waals surface area (Å²) in [6, 6.07) is 5.98. The van der Waals surface area contributed by atoms with E-state index in [4.69, 9.17) is 14.5 Å². The molecule has 0 bridgehead atoms. The summed E-state index contributed by atoms with van der Waals surface area (Å²) in [5.41, 5.74) is 2.37. The first-order valence-electron chi connectivity index (χ1n) is 11.8. The zero-order valence-electron chi connectivity index (χ0n) is 19.0. The van der Waals surface area contributed by atoms with E-state index in [0.29, 0.717) is 36.2 Å². The molecule has 9 nitrogen and oxygen atoms in total. The largest absolute Gasteiger partial charge is 0.378 e. The van der Waals surface area contributed by atoms with Gasteiger partial charge in [-0.1, -0.05) is 12.8 Å². The molecule has 1 saturated carbocycles. The Hall–Kier alpha value is -3.04. The van der Waals surface area contributed by atoms with E-state index in [2.05, 4.69) is 20.2 Å². The second kappa shape index (κ2) is 9.84. The molecule has 33 heavy (non-hydrogen) atoms. The summed E-state index contributed by atoms with van der Waals surface area (Å²) in [6.07, 6.45) is 7.86. The summed E-state index contributed by atoms with van der Waals surface area (Å²) in [5, 5.41) is 4.04. The summed E-state index contributed by atoms with van der Waals surface area (Å²) in [7, 11) is 0. The van der Waals surface area contributed by atoms with Crippen LogP contribution in [0, 0.1) is 0 Å². The molecule has 1 saturated heterocycles.